The molecule has 15 nitrogen and oxygen atoms in total. The fourth-order valence-electron chi connectivity index (χ4n) is 5.80. The molecule has 6 atom stereocenters. The molecule has 5 aromatic rings. The zero-order valence-electron chi connectivity index (χ0n) is 29.9. The van der Waals surface area contributed by atoms with Crippen LogP contribution < -0.4 is 20.7 Å². The SMILES string of the molecule is C[C@H](NP(=O)(OC[C@H]1O[C@@H](n2c(I)nc3c(NCc4ccccc4)nc(N)nc32)[C@](C)(O)[C@@H]1O)Oc1cccc2ccccc12)C(=O)OCC(C)(C)C. The van der Waals surface area contributed by atoms with Crippen LogP contribution in [0.15, 0.2) is 72.8 Å². The van der Waals surface area contributed by atoms with Crippen molar-refractivity contribution in [2.45, 2.75) is 71.2 Å². The molecule has 0 radical (unpaired) electrons. The fraction of sp³-hybridized carbons (Fsp3) is 0.389. The minimum absolute atomic E-state index is 0.0450. The highest BCUT2D eigenvalue weighted by molar-refractivity contribution is 14.1. The molecule has 0 amide bonds. The third-order valence-electron chi connectivity index (χ3n) is 8.54. The van der Waals surface area contributed by atoms with E-state index in [4.69, 9.17) is 24.3 Å². The molecule has 0 saturated carbocycles. The van der Waals surface area contributed by atoms with Crippen molar-refractivity contribution in [2.75, 3.05) is 24.3 Å². The van der Waals surface area contributed by atoms with Gasteiger partial charge in [-0.25, -0.2) is 9.55 Å². The molecule has 1 fully saturated rings. The van der Waals surface area contributed by atoms with Gasteiger partial charge in [0.2, 0.25) is 5.95 Å². The predicted octanol–water partition coefficient (Wildman–Crippen LogP) is 5.56. The summed E-state index contributed by atoms with van der Waals surface area (Å²) >= 11 is 1.98. The van der Waals surface area contributed by atoms with Gasteiger partial charge in [0.1, 0.15) is 29.6 Å². The van der Waals surface area contributed by atoms with E-state index < -0.39 is 50.4 Å². The number of nitrogens with zero attached hydrogens (tertiary/aromatic N) is 4. The average Bonchev–Trinajstić information content (AvgIpc) is 3.55. The maximum atomic E-state index is 14.5. The molecule has 53 heavy (non-hydrogen) atoms. The number of fused-ring (bicyclic) bond motifs is 2. The van der Waals surface area contributed by atoms with Gasteiger partial charge in [-0.2, -0.15) is 15.1 Å². The van der Waals surface area contributed by atoms with Crippen LogP contribution >= 0.6 is 30.3 Å². The molecule has 3 aromatic carbocycles. The van der Waals surface area contributed by atoms with Crippen LogP contribution in [0.4, 0.5) is 11.8 Å². The number of aliphatic hydroxyl groups is 2. The highest BCUT2D eigenvalue weighted by Crippen LogP contribution is 2.49. The quantitative estimate of drug-likeness (QED) is 0.0426. The Labute approximate surface area is 320 Å². The molecule has 3 heterocycles. The molecule has 0 spiro atoms. The van der Waals surface area contributed by atoms with Crippen molar-refractivity contribution in [3.8, 4) is 5.75 Å². The Hall–Kier alpha value is -3.90. The van der Waals surface area contributed by atoms with Crippen LogP contribution in [-0.4, -0.2) is 72.8 Å². The first kappa shape index (κ1) is 38.8. The highest BCUT2D eigenvalue weighted by atomic mass is 127. The number of rotatable bonds is 13. The van der Waals surface area contributed by atoms with E-state index in [1.165, 1.54) is 18.4 Å². The second-order valence-corrected chi connectivity index (χ2v) is 16.9. The summed E-state index contributed by atoms with van der Waals surface area (Å²) < 4.78 is 40.1. The largest absolute Gasteiger partial charge is 0.464 e. The number of aromatic nitrogens is 4. The molecule has 0 aliphatic carbocycles. The molecule has 0 bridgehead atoms. The Morgan fingerprint density at radius 3 is 2.53 bits per heavy atom. The Morgan fingerprint density at radius 1 is 1.09 bits per heavy atom. The van der Waals surface area contributed by atoms with Crippen molar-refractivity contribution in [1.29, 1.82) is 0 Å². The van der Waals surface area contributed by atoms with Crippen LogP contribution in [0.1, 0.15) is 46.4 Å². The summed E-state index contributed by atoms with van der Waals surface area (Å²) in [6.07, 6.45) is -4.01. The second-order valence-electron chi connectivity index (χ2n) is 14.3. The molecule has 1 unspecified atom stereocenters. The van der Waals surface area contributed by atoms with E-state index in [0.717, 1.165) is 10.9 Å². The smallest absolute Gasteiger partial charge is 0.459 e. The van der Waals surface area contributed by atoms with Gasteiger partial charge >= 0.3 is 13.7 Å². The summed E-state index contributed by atoms with van der Waals surface area (Å²) in [4.78, 5) is 26.4. The summed E-state index contributed by atoms with van der Waals surface area (Å²) in [5, 5.41) is 30.6. The first-order chi connectivity index (χ1) is 25.0. The lowest BCUT2D eigenvalue weighted by molar-refractivity contribution is -0.148. The molecular formula is C36H43IN7O8P. The predicted molar refractivity (Wildman–Crippen MR) is 208 cm³/mol. The van der Waals surface area contributed by atoms with Crippen molar-refractivity contribution in [3.63, 3.8) is 0 Å². The van der Waals surface area contributed by atoms with Crippen molar-refractivity contribution in [3.05, 3.63) is 82.2 Å². The average molecular weight is 860 g/mol. The Kier molecular flexibility index (Phi) is 11.3. The van der Waals surface area contributed by atoms with Gasteiger partial charge in [0.25, 0.3) is 0 Å². The van der Waals surface area contributed by atoms with E-state index in [-0.39, 0.29) is 29.4 Å². The van der Waals surface area contributed by atoms with Gasteiger partial charge in [0, 0.05) is 34.5 Å². The van der Waals surface area contributed by atoms with Crippen molar-refractivity contribution in [1.82, 2.24) is 24.6 Å². The standard InChI is InChI=1S/C36H43IN7O8P/c1-21(31(46)49-20-35(2,3)4)43-53(48,52-25-17-11-15-23-14-9-10-16-24(23)25)50-19-26-28(45)36(5,47)32(51-26)44-30-27(40-33(44)37)29(41-34(38)42-30)39-18-22-12-7-6-8-13-22/h6-17,21,26,28,32,45,47H,18-20H2,1-5H3,(H,43,48)(H3,38,39,41,42)/t21-,26+,28+,32+,36+,53?/m0/s1. The lowest BCUT2D eigenvalue weighted by Crippen LogP contribution is -2.45. The molecule has 2 aromatic heterocycles. The number of halogens is 1. The molecular weight excluding hydrogens is 816 g/mol. The molecule has 17 heteroatoms. The summed E-state index contributed by atoms with van der Waals surface area (Å²) in [5.74, 6) is -0.0959. The number of anilines is 2. The van der Waals surface area contributed by atoms with Crippen LogP contribution in [0, 0.1) is 9.25 Å². The number of hydrogen-bond donors (Lipinski definition) is 5. The van der Waals surface area contributed by atoms with Gasteiger partial charge < -0.3 is 35.3 Å². The number of aliphatic hydroxyl groups excluding tert-OH is 1. The molecule has 6 rings (SSSR count). The van der Waals surface area contributed by atoms with Crippen LogP contribution in [-0.2, 0) is 29.9 Å². The number of ether oxygens (including phenoxy) is 2. The normalized spacial score (nSPS) is 22.1. The number of carbonyl (C=O) groups excluding carboxylic acids is 1. The summed E-state index contributed by atoms with van der Waals surface area (Å²) in [7, 11) is -4.41. The third-order valence-corrected chi connectivity index (χ3v) is 10.9. The minimum Gasteiger partial charge on any atom is -0.464 e. The van der Waals surface area contributed by atoms with Crippen LogP contribution in [0.25, 0.3) is 21.9 Å². The third kappa shape index (κ3) is 8.75. The first-order valence-electron chi connectivity index (χ1n) is 17.0. The second kappa shape index (κ2) is 15.5. The zero-order valence-corrected chi connectivity index (χ0v) is 32.9. The maximum absolute atomic E-state index is 14.5. The van der Waals surface area contributed by atoms with E-state index in [1.54, 1.807) is 18.2 Å². The lowest BCUT2D eigenvalue weighted by atomic mass is 9.96. The van der Waals surface area contributed by atoms with E-state index in [1.807, 2.05) is 98.0 Å². The van der Waals surface area contributed by atoms with Gasteiger partial charge in [0.05, 0.1) is 13.2 Å². The van der Waals surface area contributed by atoms with E-state index >= 15 is 0 Å². The number of imidazole rings is 1. The molecule has 282 valence electrons. The van der Waals surface area contributed by atoms with Gasteiger partial charge in [-0.05, 0) is 36.3 Å². The molecule has 1 saturated heterocycles. The van der Waals surface area contributed by atoms with Crippen molar-refractivity contribution >= 4 is 70.0 Å². The van der Waals surface area contributed by atoms with Crippen molar-refractivity contribution < 1.29 is 38.1 Å². The summed E-state index contributed by atoms with van der Waals surface area (Å²) in [5.41, 5.74) is 5.54. The van der Waals surface area contributed by atoms with E-state index in [2.05, 4.69) is 25.4 Å². The number of nitrogens with one attached hydrogen (secondary N) is 2. The Bertz CT molecular complexity index is 2140. The lowest BCUT2D eigenvalue weighted by Gasteiger charge is -2.28. The number of nitrogen functional groups attached to an aromatic ring is 1. The van der Waals surface area contributed by atoms with Gasteiger partial charge in [-0.15, -0.1) is 0 Å². The Morgan fingerprint density at radius 2 is 1.79 bits per heavy atom. The maximum Gasteiger partial charge on any atom is 0.459 e. The Balaban J connectivity index is 1.26. The zero-order chi connectivity index (χ0) is 38.1. The summed E-state index contributed by atoms with van der Waals surface area (Å²) in [6.45, 7) is 8.70. The van der Waals surface area contributed by atoms with Crippen LogP contribution in [0.2, 0.25) is 0 Å². The van der Waals surface area contributed by atoms with Gasteiger partial charge in [0.15, 0.2) is 27.0 Å². The topological polar surface area (TPSA) is 205 Å². The molecule has 1 aliphatic heterocycles. The first-order valence-corrected chi connectivity index (χ1v) is 19.6. The minimum atomic E-state index is -4.41. The van der Waals surface area contributed by atoms with Crippen molar-refractivity contribution in [2.24, 2.45) is 5.41 Å². The molecule has 6 N–H and O–H groups in total. The van der Waals surface area contributed by atoms with E-state index in [0.29, 0.717) is 27.1 Å². The fourth-order valence-corrected chi connectivity index (χ4v) is 8.04. The van der Waals surface area contributed by atoms with E-state index in [9.17, 15) is 19.6 Å². The number of carbonyl (C=O) groups is 1. The monoisotopic (exact) mass is 859 g/mol. The van der Waals surface area contributed by atoms with Crippen LogP contribution in [0.3, 0.4) is 0 Å². The molecule has 1 aliphatic rings. The number of esters is 1. The highest BCUT2D eigenvalue weighted by Gasteiger charge is 2.55. The van der Waals surface area contributed by atoms with Gasteiger partial charge in [-0.1, -0.05) is 87.5 Å². The van der Waals surface area contributed by atoms with Gasteiger partial charge in [-0.3, -0.25) is 13.9 Å². The number of nitrogens with two attached hydrogens (primary N) is 1. The van der Waals surface area contributed by atoms with Crippen LogP contribution in [0.5, 0.6) is 5.75 Å². The summed E-state index contributed by atoms with van der Waals surface area (Å²) in [6, 6.07) is 21.2. The number of hydrogen-bond acceptors (Lipinski definition) is 13. The number of benzene rings is 3.